The molecule has 1 aromatic rings. The lowest BCUT2D eigenvalue weighted by atomic mass is 10.2. The molecule has 2 N–H and O–H groups in total. The van der Waals surface area contributed by atoms with Gasteiger partial charge < -0.3 is 14.9 Å². The summed E-state index contributed by atoms with van der Waals surface area (Å²) in [5.74, 6) is 0.473. The Hall–Kier alpha value is -1.38. The lowest BCUT2D eigenvalue weighted by Gasteiger charge is -2.07. The Bertz CT molecular complexity index is 297. The Balaban J connectivity index is 2.31. The van der Waals surface area contributed by atoms with Gasteiger partial charge in [0.15, 0.2) is 11.5 Å². The van der Waals surface area contributed by atoms with Crippen molar-refractivity contribution in [3.05, 3.63) is 18.2 Å². The summed E-state index contributed by atoms with van der Waals surface area (Å²) in [6.07, 6.45) is 4.55. The van der Waals surface area contributed by atoms with E-state index in [-0.39, 0.29) is 11.5 Å². The van der Waals surface area contributed by atoms with Crippen molar-refractivity contribution in [2.24, 2.45) is 0 Å². The molecule has 0 radical (unpaired) electrons. The van der Waals surface area contributed by atoms with Crippen LogP contribution in [0.2, 0.25) is 0 Å². The number of benzene rings is 1. The molecule has 3 nitrogen and oxygen atoms in total. The van der Waals surface area contributed by atoms with Crippen molar-refractivity contribution < 1.29 is 14.9 Å². The number of ether oxygens (including phenoxy) is 1. The van der Waals surface area contributed by atoms with Crippen LogP contribution in [-0.2, 0) is 0 Å². The van der Waals surface area contributed by atoms with Crippen molar-refractivity contribution in [2.75, 3.05) is 6.61 Å². The van der Waals surface area contributed by atoms with Crippen LogP contribution in [0.5, 0.6) is 17.2 Å². The van der Waals surface area contributed by atoms with E-state index in [9.17, 15) is 5.11 Å². The molecular weight excluding hydrogens is 192 g/mol. The van der Waals surface area contributed by atoms with E-state index in [0.29, 0.717) is 12.4 Å². The van der Waals surface area contributed by atoms with Gasteiger partial charge in [-0.2, -0.15) is 0 Å². The maximum atomic E-state index is 9.41. The standard InChI is InChI=1S/C12H18O3/c1-2-3-4-5-8-15-12-7-6-10(13)9-11(12)14/h6-7,9,13-14H,2-5,8H2,1H3. The van der Waals surface area contributed by atoms with Gasteiger partial charge in [0.1, 0.15) is 5.75 Å². The molecule has 0 saturated carbocycles. The molecule has 0 unspecified atom stereocenters. The molecule has 0 fully saturated rings. The molecule has 3 heteroatoms. The maximum absolute atomic E-state index is 9.41. The molecule has 0 bridgehead atoms. The van der Waals surface area contributed by atoms with E-state index in [0.717, 1.165) is 12.8 Å². The summed E-state index contributed by atoms with van der Waals surface area (Å²) in [7, 11) is 0. The summed E-state index contributed by atoms with van der Waals surface area (Å²) in [5.41, 5.74) is 0. The summed E-state index contributed by atoms with van der Waals surface area (Å²) in [6.45, 7) is 2.77. The Labute approximate surface area is 90.3 Å². The van der Waals surface area contributed by atoms with Gasteiger partial charge in [0.2, 0.25) is 0 Å². The number of hydrogen-bond donors (Lipinski definition) is 2. The zero-order chi connectivity index (χ0) is 11.1. The number of hydrogen-bond acceptors (Lipinski definition) is 3. The SMILES string of the molecule is CCCCCCOc1ccc(O)cc1O. The third kappa shape index (κ3) is 4.11. The van der Waals surface area contributed by atoms with E-state index >= 15 is 0 Å². The highest BCUT2D eigenvalue weighted by Gasteiger charge is 2.02. The minimum absolute atomic E-state index is 0.00880. The van der Waals surface area contributed by atoms with Gasteiger partial charge in [-0.1, -0.05) is 26.2 Å². The van der Waals surface area contributed by atoms with Gasteiger partial charge in [-0.25, -0.2) is 0 Å². The summed E-state index contributed by atoms with van der Waals surface area (Å²) in [5, 5.41) is 18.5. The predicted octanol–water partition coefficient (Wildman–Crippen LogP) is 3.06. The molecule has 15 heavy (non-hydrogen) atoms. The average molecular weight is 210 g/mol. The lowest BCUT2D eigenvalue weighted by Crippen LogP contribution is -1.97. The Morgan fingerprint density at radius 3 is 2.60 bits per heavy atom. The molecule has 0 aliphatic carbocycles. The number of unbranched alkanes of at least 4 members (excludes halogenated alkanes) is 3. The van der Waals surface area contributed by atoms with Crippen molar-refractivity contribution in [1.82, 2.24) is 0 Å². The highest BCUT2D eigenvalue weighted by Crippen LogP contribution is 2.29. The molecular formula is C12H18O3. The first kappa shape index (κ1) is 11.7. The first-order valence-electron chi connectivity index (χ1n) is 5.39. The van der Waals surface area contributed by atoms with Crippen LogP contribution in [0.3, 0.4) is 0 Å². The number of phenolic OH excluding ortho intramolecular Hbond substituents is 2. The van der Waals surface area contributed by atoms with Crippen molar-refractivity contribution in [2.45, 2.75) is 32.6 Å². The summed E-state index contributed by atoms with van der Waals surface area (Å²) >= 11 is 0. The highest BCUT2D eigenvalue weighted by molar-refractivity contribution is 5.43. The van der Waals surface area contributed by atoms with Crippen LogP contribution in [0, 0.1) is 0 Å². The van der Waals surface area contributed by atoms with Crippen molar-refractivity contribution in [1.29, 1.82) is 0 Å². The van der Waals surface area contributed by atoms with Gasteiger partial charge in [0, 0.05) is 6.07 Å². The van der Waals surface area contributed by atoms with Crippen LogP contribution in [0.25, 0.3) is 0 Å². The van der Waals surface area contributed by atoms with Gasteiger partial charge in [-0.3, -0.25) is 0 Å². The second-order valence-corrected chi connectivity index (χ2v) is 3.56. The van der Waals surface area contributed by atoms with E-state index in [2.05, 4.69) is 6.92 Å². The monoisotopic (exact) mass is 210 g/mol. The largest absolute Gasteiger partial charge is 0.508 e. The van der Waals surface area contributed by atoms with Crippen molar-refractivity contribution in [3.8, 4) is 17.2 Å². The van der Waals surface area contributed by atoms with Crippen LogP contribution in [0.15, 0.2) is 18.2 Å². The van der Waals surface area contributed by atoms with Crippen LogP contribution in [0.4, 0.5) is 0 Å². The smallest absolute Gasteiger partial charge is 0.161 e. The molecule has 0 saturated heterocycles. The number of phenols is 2. The fourth-order valence-corrected chi connectivity index (χ4v) is 1.34. The maximum Gasteiger partial charge on any atom is 0.161 e. The van der Waals surface area contributed by atoms with Crippen molar-refractivity contribution >= 4 is 0 Å². The van der Waals surface area contributed by atoms with E-state index in [1.807, 2.05) is 0 Å². The van der Waals surface area contributed by atoms with Gasteiger partial charge >= 0.3 is 0 Å². The minimum Gasteiger partial charge on any atom is -0.508 e. The third-order valence-corrected chi connectivity index (χ3v) is 2.20. The van der Waals surface area contributed by atoms with E-state index in [1.54, 1.807) is 6.07 Å². The highest BCUT2D eigenvalue weighted by atomic mass is 16.5. The molecule has 0 aromatic heterocycles. The van der Waals surface area contributed by atoms with E-state index in [4.69, 9.17) is 9.84 Å². The average Bonchev–Trinajstić information content (AvgIpc) is 2.20. The first-order valence-corrected chi connectivity index (χ1v) is 5.39. The van der Waals surface area contributed by atoms with Gasteiger partial charge in [-0.15, -0.1) is 0 Å². The molecule has 1 aromatic carbocycles. The summed E-state index contributed by atoms with van der Waals surface area (Å²) in [6, 6.07) is 4.35. The second kappa shape index (κ2) is 6.17. The molecule has 1 rings (SSSR count). The predicted molar refractivity (Wildman–Crippen MR) is 59.4 cm³/mol. The topological polar surface area (TPSA) is 49.7 Å². The first-order chi connectivity index (χ1) is 7.24. The molecule has 0 atom stereocenters. The minimum atomic E-state index is -0.00880. The Morgan fingerprint density at radius 2 is 1.93 bits per heavy atom. The number of rotatable bonds is 6. The second-order valence-electron chi connectivity index (χ2n) is 3.56. The van der Waals surface area contributed by atoms with E-state index in [1.165, 1.54) is 25.0 Å². The van der Waals surface area contributed by atoms with Crippen LogP contribution < -0.4 is 4.74 Å². The molecule has 0 amide bonds. The number of aromatic hydroxyl groups is 2. The van der Waals surface area contributed by atoms with Crippen LogP contribution in [-0.4, -0.2) is 16.8 Å². The van der Waals surface area contributed by atoms with Crippen LogP contribution in [0.1, 0.15) is 32.6 Å². The molecule has 0 aliphatic heterocycles. The van der Waals surface area contributed by atoms with Crippen LogP contribution >= 0.6 is 0 Å². The summed E-state index contributed by atoms with van der Waals surface area (Å²) in [4.78, 5) is 0. The van der Waals surface area contributed by atoms with Crippen molar-refractivity contribution in [3.63, 3.8) is 0 Å². The summed E-state index contributed by atoms with van der Waals surface area (Å²) < 4.78 is 5.38. The zero-order valence-electron chi connectivity index (χ0n) is 9.07. The van der Waals surface area contributed by atoms with Gasteiger partial charge in [0.05, 0.1) is 6.61 Å². The van der Waals surface area contributed by atoms with Gasteiger partial charge in [0.25, 0.3) is 0 Å². The lowest BCUT2D eigenvalue weighted by molar-refractivity contribution is 0.288. The quantitative estimate of drug-likeness (QED) is 0.709. The molecule has 0 heterocycles. The zero-order valence-corrected chi connectivity index (χ0v) is 9.07. The fraction of sp³-hybridized carbons (Fsp3) is 0.500. The molecule has 0 spiro atoms. The van der Waals surface area contributed by atoms with E-state index < -0.39 is 0 Å². The normalized spacial score (nSPS) is 10.2. The Kier molecular flexibility index (Phi) is 4.81. The fourth-order valence-electron chi connectivity index (χ4n) is 1.34. The van der Waals surface area contributed by atoms with Gasteiger partial charge in [-0.05, 0) is 18.6 Å². The molecule has 0 aliphatic rings. The Morgan fingerprint density at radius 1 is 1.13 bits per heavy atom. The third-order valence-electron chi connectivity index (χ3n) is 2.20. The molecule has 84 valence electrons.